The largest absolute Gasteiger partial charge is 0.425 e. The molecule has 0 saturated carbocycles. The third kappa shape index (κ3) is 2.99. The first-order valence-corrected chi connectivity index (χ1v) is 6.43. The molecule has 3 atom stereocenters. The zero-order valence-electron chi connectivity index (χ0n) is 11.2. The van der Waals surface area contributed by atoms with Gasteiger partial charge in [-0.3, -0.25) is 0 Å². The number of carbonyl (C=O) groups excluding carboxylic acids is 1. The van der Waals surface area contributed by atoms with E-state index >= 15 is 0 Å². The minimum Gasteiger partial charge on any atom is -0.425 e. The summed E-state index contributed by atoms with van der Waals surface area (Å²) >= 11 is 0. The first-order valence-electron chi connectivity index (χ1n) is 6.43. The number of benzene rings is 1. The summed E-state index contributed by atoms with van der Waals surface area (Å²) in [5.74, 6) is -2.55. The fourth-order valence-electron chi connectivity index (χ4n) is 2.06. The average molecular weight is 282 g/mol. The van der Waals surface area contributed by atoms with E-state index in [1.165, 1.54) is 0 Å². The minimum atomic E-state index is -1.64. The third-order valence-electron chi connectivity index (χ3n) is 3.07. The van der Waals surface area contributed by atoms with Crippen molar-refractivity contribution in [2.24, 2.45) is 0 Å². The molecule has 6 nitrogen and oxygen atoms in total. The molecular formula is C14H18O6. The SMILES string of the molecule is CCO[C@]1(COCc2ccccc2)OC(=O)[C@@H](O)[C@H]1O. The fourth-order valence-corrected chi connectivity index (χ4v) is 2.06. The molecule has 1 aromatic rings. The summed E-state index contributed by atoms with van der Waals surface area (Å²) in [4.78, 5) is 11.3. The van der Waals surface area contributed by atoms with Crippen molar-refractivity contribution in [1.82, 2.24) is 0 Å². The maximum atomic E-state index is 11.3. The van der Waals surface area contributed by atoms with Crippen LogP contribution in [0.5, 0.6) is 0 Å². The Morgan fingerprint density at radius 2 is 2.00 bits per heavy atom. The Morgan fingerprint density at radius 3 is 2.55 bits per heavy atom. The van der Waals surface area contributed by atoms with Crippen LogP contribution in [0.2, 0.25) is 0 Å². The highest BCUT2D eigenvalue weighted by Gasteiger charge is 2.56. The number of cyclic esters (lactones) is 1. The molecule has 110 valence electrons. The topological polar surface area (TPSA) is 85.2 Å². The van der Waals surface area contributed by atoms with Gasteiger partial charge in [-0.2, -0.15) is 0 Å². The van der Waals surface area contributed by atoms with Crippen LogP contribution in [0.15, 0.2) is 30.3 Å². The highest BCUT2D eigenvalue weighted by molar-refractivity contribution is 5.78. The lowest BCUT2D eigenvalue weighted by Gasteiger charge is -2.29. The number of ether oxygens (including phenoxy) is 3. The Kier molecular flexibility index (Phi) is 4.72. The molecule has 1 aliphatic rings. The molecule has 2 N–H and O–H groups in total. The van der Waals surface area contributed by atoms with Crippen LogP contribution in [0.4, 0.5) is 0 Å². The zero-order valence-corrected chi connectivity index (χ0v) is 11.2. The van der Waals surface area contributed by atoms with Gasteiger partial charge in [0, 0.05) is 6.61 Å². The number of hydrogen-bond acceptors (Lipinski definition) is 6. The Labute approximate surface area is 116 Å². The van der Waals surface area contributed by atoms with Gasteiger partial charge in [-0.15, -0.1) is 0 Å². The van der Waals surface area contributed by atoms with Crippen LogP contribution in [0, 0.1) is 0 Å². The molecular weight excluding hydrogens is 264 g/mol. The predicted molar refractivity (Wildman–Crippen MR) is 68.6 cm³/mol. The maximum absolute atomic E-state index is 11.3. The monoisotopic (exact) mass is 282 g/mol. The molecule has 1 aliphatic heterocycles. The van der Waals surface area contributed by atoms with E-state index in [1.807, 2.05) is 30.3 Å². The standard InChI is InChI=1S/C14H18O6/c1-2-19-14(12(16)11(15)13(17)20-14)9-18-8-10-6-4-3-5-7-10/h3-7,11-12,15-16H,2,8-9H2,1H3/t11-,12+,14+/m0/s1. The van der Waals surface area contributed by atoms with E-state index in [-0.39, 0.29) is 19.8 Å². The van der Waals surface area contributed by atoms with Crippen molar-refractivity contribution < 1.29 is 29.2 Å². The Morgan fingerprint density at radius 1 is 1.30 bits per heavy atom. The predicted octanol–water partition coefficient (Wildman–Crippen LogP) is 0.215. The second kappa shape index (κ2) is 6.32. The van der Waals surface area contributed by atoms with Gasteiger partial charge in [0.25, 0.3) is 5.79 Å². The van der Waals surface area contributed by atoms with Gasteiger partial charge in [0.1, 0.15) is 6.61 Å². The summed E-state index contributed by atoms with van der Waals surface area (Å²) in [5.41, 5.74) is 0.943. The van der Waals surface area contributed by atoms with E-state index in [1.54, 1.807) is 6.92 Å². The van der Waals surface area contributed by atoms with Gasteiger partial charge in [0.15, 0.2) is 12.2 Å². The molecule has 6 heteroatoms. The normalized spacial score (nSPS) is 29.4. The van der Waals surface area contributed by atoms with Crippen molar-refractivity contribution >= 4 is 5.97 Å². The van der Waals surface area contributed by atoms with E-state index in [9.17, 15) is 15.0 Å². The average Bonchev–Trinajstić information content (AvgIpc) is 2.65. The number of aliphatic hydroxyl groups is 2. The van der Waals surface area contributed by atoms with Crippen LogP contribution in [0.1, 0.15) is 12.5 Å². The van der Waals surface area contributed by atoms with Crippen molar-refractivity contribution in [2.75, 3.05) is 13.2 Å². The highest BCUT2D eigenvalue weighted by Crippen LogP contribution is 2.29. The molecule has 0 bridgehead atoms. The van der Waals surface area contributed by atoms with E-state index < -0.39 is 24.0 Å². The molecule has 20 heavy (non-hydrogen) atoms. The minimum absolute atomic E-state index is 0.153. The molecule has 0 radical (unpaired) electrons. The summed E-state index contributed by atoms with van der Waals surface area (Å²) < 4.78 is 15.7. The maximum Gasteiger partial charge on any atom is 0.340 e. The van der Waals surface area contributed by atoms with Gasteiger partial charge in [-0.05, 0) is 12.5 Å². The first kappa shape index (κ1) is 14.9. The molecule has 0 spiro atoms. The fraction of sp³-hybridized carbons (Fsp3) is 0.500. The number of aliphatic hydroxyl groups excluding tert-OH is 2. The summed E-state index contributed by atoms with van der Waals surface area (Å²) in [7, 11) is 0. The number of carbonyl (C=O) groups is 1. The van der Waals surface area contributed by atoms with Crippen molar-refractivity contribution in [3.05, 3.63) is 35.9 Å². The lowest BCUT2D eigenvalue weighted by molar-refractivity contribution is -0.265. The number of hydrogen-bond donors (Lipinski definition) is 2. The summed E-state index contributed by atoms with van der Waals surface area (Å²) in [6.07, 6.45) is -3.08. The molecule has 1 fully saturated rings. The zero-order chi connectivity index (χ0) is 14.6. The lowest BCUT2D eigenvalue weighted by atomic mass is 10.1. The Balaban J connectivity index is 1.98. The summed E-state index contributed by atoms with van der Waals surface area (Å²) in [5, 5.41) is 19.4. The van der Waals surface area contributed by atoms with Crippen LogP contribution in [0.25, 0.3) is 0 Å². The Hall–Kier alpha value is -1.47. The van der Waals surface area contributed by atoms with Crippen LogP contribution in [0.3, 0.4) is 0 Å². The number of esters is 1. The third-order valence-corrected chi connectivity index (χ3v) is 3.07. The van der Waals surface area contributed by atoms with Crippen molar-refractivity contribution in [3.63, 3.8) is 0 Å². The summed E-state index contributed by atoms with van der Waals surface area (Å²) in [6, 6.07) is 9.43. The van der Waals surface area contributed by atoms with Gasteiger partial charge < -0.3 is 24.4 Å². The van der Waals surface area contributed by atoms with Crippen molar-refractivity contribution in [1.29, 1.82) is 0 Å². The van der Waals surface area contributed by atoms with Crippen LogP contribution in [-0.2, 0) is 25.6 Å². The molecule has 2 rings (SSSR count). The number of rotatable bonds is 6. The quantitative estimate of drug-likeness (QED) is 0.726. The molecule has 0 unspecified atom stereocenters. The molecule has 0 aromatic heterocycles. The molecule has 1 saturated heterocycles. The van der Waals surface area contributed by atoms with Crippen molar-refractivity contribution in [2.45, 2.75) is 31.5 Å². The van der Waals surface area contributed by atoms with Crippen LogP contribution >= 0.6 is 0 Å². The van der Waals surface area contributed by atoms with Crippen molar-refractivity contribution in [3.8, 4) is 0 Å². The molecule has 0 amide bonds. The van der Waals surface area contributed by atoms with Gasteiger partial charge in [-0.1, -0.05) is 30.3 Å². The lowest BCUT2D eigenvalue weighted by Crippen LogP contribution is -2.49. The Bertz CT molecular complexity index is 448. The van der Waals surface area contributed by atoms with Crippen LogP contribution in [-0.4, -0.2) is 47.4 Å². The van der Waals surface area contributed by atoms with E-state index in [2.05, 4.69) is 0 Å². The smallest absolute Gasteiger partial charge is 0.340 e. The van der Waals surface area contributed by atoms with Gasteiger partial charge in [0.2, 0.25) is 0 Å². The molecule has 1 aromatic carbocycles. The van der Waals surface area contributed by atoms with E-state index in [0.717, 1.165) is 5.56 Å². The van der Waals surface area contributed by atoms with E-state index in [0.29, 0.717) is 0 Å². The van der Waals surface area contributed by atoms with Crippen LogP contribution < -0.4 is 0 Å². The van der Waals surface area contributed by atoms with E-state index in [4.69, 9.17) is 14.2 Å². The first-order chi connectivity index (χ1) is 9.59. The molecule has 1 heterocycles. The molecule has 0 aliphatic carbocycles. The van der Waals surface area contributed by atoms with Gasteiger partial charge in [-0.25, -0.2) is 4.79 Å². The highest BCUT2D eigenvalue weighted by atomic mass is 16.8. The second-order valence-electron chi connectivity index (χ2n) is 4.53. The van der Waals surface area contributed by atoms with Gasteiger partial charge in [0.05, 0.1) is 6.61 Å². The summed E-state index contributed by atoms with van der Waals surface area (Å²) in [6.45, 7) is 2.05. The second-order valence-corrected chi connectivity index (χ2v) is 4.53. The van der Waals surface area contributed by atoms with Gasteiger partial charge >= 0.3 is 5.97 Å².